The molecule has 0 saturated carbocycles. The van der Waals surface area contributed by atoms with Gasteiger partial charge in [0.25, 0.3) is 5.91 Å². The highest BCUT2D eigenvalue weighted by atomic mass is 16.5. The molecule has 2 rings (SSSR count). The van der Waals surface area contributed by atoms with Gasteiger partial charge in [-0.05, 0) is 11.6 Å². The van der Waals surface area contributed by atoms with E-state index in [1.54, 1.807) is 17.1 Å². The van der Waals surface area contributed by atoms with Gasteiger partial charge in [-0.1, -0.05) is 60.7 Å². The van der Waals surface area contributed by atoms with Gasteiger partial charge in [-0.25, -0.2) is 0 Å². The minimum absolute atomic E-state index is 0.00841. The smallest absolute Gasteiger partial charge is 0.261 e. The summed E-state index contributed by atoms with van der Waals surface area (Å²) < 4.78 is 5.77. The van der Waals surface area contributed by atoms with Crippen LogP contribution in [0.5, 0.6) is 5.75 Å². The molecule has 0 N–H and O–H groups in total. The number of hydrogen-bond donors (Lipinski definition) is 0. The highest BCUT2D eigenvalue weighted by Crippen LogP contribution is 2.29. The Balaban J connectivity index is 2.10. The standard InChI is InChI=1S/C20H21NO2/c1-3-14-21(15-4-2)20(22)16-23-19-13-9-8-12-18(19)17-10-6-5-7-11-17/h3-13H,1-2,14-16H2. The number of carbonyl (C=O) groups is 1. The summed E-state index contributed by atoms with van der Waals surface area (Å²) in [6, 6.07) is 17.7. The molecule has 0 bridgehead atoms. The number of amides is 1. The highest BCUT2D eigenvalue weighted by molar-refractivity contribution is 5.79. The number of benzene rings is 2. The van der Waals surface area contributed by atoms with Gasteiger partial charge in [-0.15, -0.1) is 13.2 Å². The molecule has 0 saturated heterocycles. The Labute approximate surface area is 137 Å². The van der Waals surface area contributed by atoms with E-state index < -0.39 is 0 Å². The summed E-state index contributed by atoms with van der Waals surface area (Å²) >= 11 is 0. The molecule has 0 aromatic heterocycles. The Kier molecular flexibility index (Phi) is 6.18. The molecule has 1 amide bonds. The number of nitrogens with zero attached hydrogens (tertiary/aromatic N) is 1. The summed E-state index contributed by atoms with van der Waals surface area (Å²) in [5, 5.41) is 0. The predicted molar refractivity (Wildman–Crippen MR) is 94.3 cm³/mol. The summed E-state index contributed by atoms with van der Waals surface area (Å²) in [5.41, 5.74) is 2.03. The monoisotopic (exact) mass is 307 g/mol. The Hall–Kier alpha value is -2.81. The maximum atomic E-state index is 12.2. The van der Waals surface area contributed by atoms with Gasteiger partial charge >= 0.3 is 0 Å². The van der Waals surface area contributed by atoms with Gasteiger partial charge < -0.3 is 9.64 Å². The molecule has 118 valence electrons. The fourth-order valence-corrected chi connectivity index (χ4v) is 2.27. The molecule has 3 nitrogen and oxygen atoms in total. The minimum Gasteiger partial charge on any atom is -0.483 e. The molecular formula is C20H21NO2. The first-order valence-electron chi connectivity index (χ1n) is 7.53. The molecule has 2 aromatic rings. The van der Waals surface area contributed by atoms with Crippen LogP contribution in [-0.2, 0) is 4.79 Å². The highest BCUT2D eigenvalue weighted by Gasteiger charge is 2.13. The zero-order chi connectivity index (χ0) is 16.5. The van der Waals surface area contributed by atoms with Crippen molar-refractivity contribution in [1.29, 1.82) is 0 Å². The molecule has 23 heavy (non-hydrogen) atoms. The van der Waals surface area contributed by atoms with E-state index in [9.17, 15) is 4.79 Å². The maximum Gasteiger partial charge on any atom is 0.261 e. The number of rotatable bonds is 8. The van der Waals surface area contributed by atoms with Crippen molar-refractivity contribution in [2.45, 2.75) is 0 Å². The quantitative estimate of drug-likeness (QED) is 0.692. The maximum absolute atomic E-state index is 12.2. The molecule has 0 heterocycles. The molecule has 0 aliphatic heterocycles. The van der Waals surface area contributed by atoms with Crippen LogP contribution in [-0.4, -0.2) is 30.5 Å². The van der Waals surface area contributed by atoms with Gasteiger partial charge in [-0.3, -0.25) is 4.79 Å². The average molecular weight is 307 g/mol. The summed E-state index contributed by atoms with van der Waals surface area (Å²) in [5.74, 6) is 0.608. The van der Waals surface area contributed by atoms with Crippen LogP contribution in [0.1, 0.15) is 0 Å². The van der Waals surface area contributed by atoms with Crippen LogP contribution in [0.4, 0.5) is 0 Å². The first-order valence-corrected chi connectivity index (χ1v) is 7.53. The third-order valence-electron chi connectivity index (χ3n) is 3.37. The lowest BCUT2D eigenvalue weighted by Gasteiger charge is -2.20. The van der Waals surface area contributed by atoms with E-state index >= 15 is 0 Å². The lowest BCUT2D eigenvalue weighted by molar-refractivity contribution is -0.132. The van der Waals surface area contributed by atoms with Crippen molar-refractivity contribution in [3.05, 3.63) is 79.9 Å². The van der Waals surface area contributed by atoms with Gasteiger partial charge in [-0.2, -0.15) is 0 Å². The molecular weight excluding hydrogens is 286 g/mol. The van der Waals surface area contributed by atoms with Crippen LogP contribution >= 0.6 is 0 Å². The van der Waals surface area contributed by atoms with E-state index in [0.717, 1.165) is 11.1 Å². The minimum atomic E-state index is -0.0901. The van der Waals surface area contributed by atoms with Crippen LogP contribution in [0.15, 0.2) is 79.9 Å². The summed E-state index contributed by atoms with van der Waals surface area (Å²) in [6.07, 6.45) is 3.39. The molecule has 0 spiro atoms. The van der Waals surface area contributed by atoms with Crippen molar-refractivity contribution in [2.24, 2.45) is 0 Å². The zero-order valence-corrected chi connectivity index (χ0v) is 13.2. The normalized spacial score (nSPS) is 9.91. The Morgan fingerprint density at radius 1 is 0.957 bits per heavy atom. The van der Waals surface area contributed by atoms with Crippen molar-refractivity contribution in [3.8, 4) is 16.9 Å². The average Bonchev–Trinajstić information content (AvgIpc) is 2.60. The van der Waals surface area contributed by atoms with Crippen molar-refractivity contribution >= 4 is 5.91 Å². The van der Waals surface area contributed by atoms with E-state index in [1.807, 2.05) is 54.6 Å². The number of carbonyl (C=O) groups excluding carboxylic acids is 1. The first kappa shape index (κ1) is 16.6. The topological polar surface area (TPSA) is 29.5 Å². The second kappa shape index (κ2) is 8.59. The van der Waals surface area contributed by atoms with Crippen molar-refractivity contribution in [1.82, 2.24) is 4.90 Å². The summed E-state index contributed by atoms with van der Waals surface area (Å²) in [7, 11) is 0. The van der Waals surface area contributed by atoms with E-state index in [-0.39, 0.29) is 12.5 Å². The van der Waals surface area contributed by atoms with Gasteiger partial charge in [0, 0.05) is 18.7 Å². The number of ether oxygens (including phenoxy) is 1. The van der Waals surface area contributed by atoms with Crippen LogP contribution in [0.25, 0.3) is 11.1 Å². The molecule has 2 aromatic carbocycles. The second-order valence-electron chi connectivity index (χ2n) is 5.03. The van der Waals surface area contributed by atoms with Gasteiger partial charge in [0.05, 0.1) is 0 Å². The molecule has 3 heteroatoms. The Morgan fingerprint density at radius 3 is 2.22 bits per heavy atom. The molecule has 0 unspecified atom stereocenters. The van der Waals surface area contributed by atoms with Gasteiger partial charge in [0.2, 0.25) is 0 Å². The first-order chi connectivity index (χ1) is 11.3. The third kappa shape index (κ3) is 4.58. The lowest BCUT2D eigenvalue weighted by atomic mass is 10.1. The van der Waals surface area contributed by atoms with Gasteiger partial charge in [0.15, 0.2) is 6.61 Å². The SMILES string of the molecule is C=CCN(CC=C)C(=O)COc1ccccc1-c1ccccc1. The van der Waals surface area contributed by atoms with E-state index in [0.29, 0.717) is 18.8 Å². The zero-order valence-electron chi connectivity index (χ0n) is 13.2. The number of para-hydroxylation sites is 1. The van der Waals surface area contributed by atoms with Crippen LogP contribution in [0.3, 0.4) is 0 Å². The van der Waals surface area contributed by atoms with Crippen molar-refractivity contribution < 1.29 is 9.53 Å². The summed E-state index contributed by atoms with van der Waals surface area (Å²) in [4.78, 5) is 13.9. The molecule has 0 atom stereocenters. The lowest BCUT2D eigenvalue weighted by Crippen LogP contribution is -2.35. The number of hydrogen-bond acceptors (Lipinski definition) is 2. The Bertz CT molecular complexity index is 654. The second-order valence-corrected chi connectivity index (χ2v) is 5.03. The molecule has 0 radical (unpaired) electrons. The molecule has 0 aliphatic carbocycles. The molecule has 0 aliphatic rings. The van der Waals surface area contributed by atoms with E-state index in [2.05, 4.69) is 13.2 Å². The van der Waals surface area contributed by atoms with Crippen LogP contribution < -0.4 is 4.74 Å². The third-order valence-corrected chi connectivity index (χ3v) is 3.37. The van der Waals surface area contributed by atoms with Gasteiger partial charge in [0.1, 0.15) is 5.75 Å². The molecule has 0 fully saturated rings. The van der Waals surface area contributed by atoms with Crippen LogP contribution in [0.2, 0.25) is 0 Å². The van der Waals surface area contributed by atoms with E-state index in [4.69, 9.17) is 4.74 Å². The Morgan fingerprint density at radius 2 is 1.57 bits per heavy atom. The van der Waals surface area contributed by atoms with Crippen LogP contribution in [0, 0.1) is 0 Å². The predicted octanol–water partition coefficient (Wildman–Crippen LogP) is 3.93. The fraction of sp³-hybridized carbons (Fsp3) is 0.150. The fourth-order valence-electron chi connectivity index (χ4n) is 2.27. The summed E-state index contributed by atoms with van der Waals surface area (Å²) in [6.45, 7) is 8.29. The van der Waals surface area contributed by atoms with E-state index in [1.165, 1.54) is 0 Å². The largest absolute Gasteiger partial charge is 0.483 e. The van der Waals surface area contributed by atoms with Crippen molar-refractivity contribution in [2.75, 3.05) is 19.7 Å². The van der Waals surface area contributed by atoms with Crippen molar-refractivity contribution in [3.63, 3.8) is 0 Å².